The minimum absolute atomic E-state index is 0.0510. The molecule has 0 radical (unpaired) electrons. The predicted molar refractivity (Wildman–Crippen MR) is 113 cm³/mol. The van der Waals surface area contributed by atoms with Crippen molar-refractivity contribution in [1.82, 2.24) is 0 Å². The Labute approximate surface area is 173 Å². The Hall–Kier alpha value is -3.56. The number of rotatable bonds is 3. The van der Waals surface area contributed by atoms with Crippen molar-refractivity contribution in [3.8, 4) is 6.07 Å². The fourth-order valence-corrected chi connectivity index (χ4v) is 4.27. The highest BCUT2D eigenvalue weighted by molar-refractivity contribution is 7.99. The Morgan fingerprint density at radius 1 is 1.07 bits per heavy atom. The summed E-state index contributed by atoms with van der Waals surface area (Å²) in [5, 5.41) is 11.8. The molecule has 0 saturated heterocycles. The van der Waals surface area contributed by atoms with Gasteiger partial charge in [-0.2, -0.15) is 5.26 Å². The van der Waals surface area contributed by atoms with Crippen LogP contribution in [0.15, 0.2) is 76.5 Å². The Morgan fingerprint density at radius 3 is 2.55 bits per heavy atom. The van der Waals surface area contributed by atoms with Gasteiger partial charge in [-0.1, -0.05) is 23.9 Å². The minimum atomic E-state index is -0.270. The van der Waals surface area contributed by atoms with E-state index in [2.05, 4.69) is 5.32 Å². The molecular weight excluding hydrogens is 382 g/mol. The van der Waals surface area contributed by atoms with Gasteiger partial charge < -0.3 is 10.2 Å². The molecule has 0 aromatic heterocycles. The molecule has 0 aliphatic carbocycles. The van der Waals surface area contributed by atoms with Crippen LogP contribution in [-0.2, 0) is 0 Å². The number of nitrogens with one attached hydrogen (secondary N) is 1. The number of nitrogens with zero attached hydrogens (tertiary/aromatic N) is 2. The lowest BCUT2D eigenvalue weighted by Gasteiger charge is -2.22. The average molecular weight is 399 g/mol. The zero-order chi connectivity index (χ0) is 20.4. The van der Waals surface area contributed by atoms with E-state index in [1.807, 2.05) is 55.5 Å². The molecule has 3 aromatic carbocycles. The van der Waals surface area contributed by atoms with Crippen LogP contribution in [0.2, 0.25) is 0 Å². The fraction of sp³-hybridized carbons (Fsp3) is 0.0870. The van der Waals surface area contributed by atoms with E-state index in [0.29, 0.717) is 28.9 Å². The number of amides is 2. The van der Waals surface area contributed by atoms with E-state index >= 15 is 0 Å². The van der Waals surface area contributed by atoms with Crippen molar-refractivity contribution in [3.05, 3.63) is 83.4 Å². The van der Waals surface area contributed by atoms with E-state index < -0.39 is 0 Å². The number of anilines is 2. The lowest BCUT2D eigenvalue weighted by molar-refractivity contribution is 0.0984. The van der Waals surface area contributed by atoms with E-state index in [0.717, 1.165) is 15.5 Å². The van der Waals surface area contributed by atoms with Gasteiger partial charge in [0.1, 0.15) is 0 Å². The van der Waals surface area contributed by atoms with Gasteiger partial charge >= 0.3 is 0 Å². The molecular formula is C23H17N3O2S. The molecule has 1 aliphatic heterocycles. The van der Waals surface area contributed by atoms with Crippen LogP contribution in [0.4, 0.5) is 11.4 Å². The van der Waals surface area contributed by atoms with Crippen LogP contribution in [0.1, 0.15) is 33.2 Å². The fourth-order valence-electron chi connectivity index (χ4n) is 3.21. The highest BCUT2D eigenvalue weighted by atomic mass is 32.2. The van der Waals surface area contributed by atoms with E-state index in [9.17, 15) is 9.59 Å². The SMILES string of the molecule is CCN1C(=O)c2ccccc2Sc2ccc(NC(=O)c3ccc(C#N)cc3)cc21. The second-order valence-corrected chi connectivity index (χ2v) is 7.56. The molecule has 0 unspecified atom stereocenters. The highest BCUT2D eigenvalue weighted by Crippen LogP contribution is 2.42. The third kappa shape index (κ3) is 3.60. The number of carbonyl (C=O) groups excluding carboxylic acids is 2. The van der Waals surface area contributed by atoms with Gasteiger partial charge in [0.25, 0.3) is 11.8 Å². The Kier molecular flexibility index (Phi) is 5.07. The first-order chi connectivity index (χ1) is 14.1. The van der Waals surface area contributed by atoms with Crippen LogP contribution in [0.5, 0.6) is 0 Å². The van der Waals surface area contributed by atoms with Crippen molar-refractivity contribution in [2.75, 3.05) is 16.8 Å². The monoisotopic (exact) mass is 399 g/mol. The quantitative estimate of drug-likeness (QED) is 0.677. The molecule has 29 heavy (non-hydrogen) atoms. The maximum Gasteiger partial charge on any atom is 0.259 e. The summed E-state index contributed by atoms with van der Waals surface area (Å²) in [6.07, 6.45) is 0. The molecule has 2 amide bonds. The molecule has 1 aliphatic rings. The van der Waals surface area contributed by atoms with Crippen LogP contribution in [-0.4, -0.2) is 18.4 Å². The normalized spacial score (nSPS) is 12.4. The van der Waals surface area contributed by atoms with Crippen LogP contribution >= 0.6 is 11.8 Å². The van der Waals surface area contributed by atoms with Gasteiger partial charge in [0.2, 0.25) is 0 Å². The number of fused-ring (bicyclic) bond motifs is 2. The van der Waals surface area contributed by atoms with Gasteiger partial charge in [-0.25, -0.2) is 0 Å². The lowest BCUT2D eigenvalue weighted by atomic mass is 10.1. The number of benzene rings is 3. The summed E-state index contributed by atoms with van der Waals surface area (Å²) in [5.41, 5.74) is 3.02. The molecule has 0 saturated carbocycles. The highest BCUT2D eigenvalue weighted by Gasteiger charge is 2.26. The average Bonchev–Trinajstić information content (AvgIpc) is 2.87. The zero-order valence-electron chi connectivity index (χ0n) is 15.7. The van der Waals surface area contributed by atoms with Gasteiger partial charge in [0, 0.05) is 27.6 Å². The molecule has 0 spiro atoms. The maximum atomic E-state index is 13.0. The second-order valence-electron chi connectivity index (χ2n) is 6.47. The topological polar surface area (TPSA) is 73.2 Å². The van der Waals surface area contributed by atoms with Crippen LogP contribution in [0.25, 0.3) is 0 Å². The molecule has 0 atom stereocenters. The van der Waals surface area contributed by atoms with Gasteiger partial charge in [-0.3, -0.25) is 9.59 Å². The van der Waals surface area contributed by atoms with E-state index in [4.69, 9.17) is 5.26 Å². The second kappa shape index (κ2) is 7.82. The van der Waals surface area contributed by atoms with Crippen LogP contribution in [0, 0.1) is 11.3 Å². The molecule has 3 aromatic rings. The van der Waals surface area contributed by atoms with E-state index in [1.54, 1.807) is 40.9 Å². The third-order valence-corrected chi connectivity index (χ3v) is 5.82. The summed E-state index contributed by atoms with van der Waals surface area (Å²) in [6.45, 7) is 2.45. The summed E-state index contributed by atoms with van der Waals surface area (Å²) >= 11 is 1.55. The molecule has 142 valence electrons. The number of hydrogen-bond acceptors (Lipinski definition) is 4. The molecule has 0 fully saturated rings. The maximum absolute atomic E-state index is 13.0. The molecule has 1 heterocycles. The standard InChI is InChI=1S/C23H17N3O2S/c1-2-26-19-13-17(25-22(27)16-9-7-15(14-24)8-10-16)11-12-21(19)29-20-6-4-3-5-18(20)23(26)28/h3-13H,2H2,1H3,(H,25,27). The van der Waals surface area contributed by atoms with Crippen molar-refractivity contribution < 1.29 is 9.59 Å². The number of nitriles is 1. The summed E-state index contributed by atoms with van der Waals surface area (Å²) in [7, 11) is 0. The van der Waals surface area contributed by atoms with Crippen molar-refractivity contribution in [2.24, 2.45) is 0 Å². The van der Waals surface area contributed by atoms with E-state index in [-0.39, 0.29) is 11.8 Å². The first-order valence-electron chi connectivity index (χ1n) is 9.15. The molecule has 6 heteroatoms. The lowest BCUT2D eigenvalue weighted by Crippen LogP contribution is -2.30. The number of carbonyl (C=O) groups is 2. The van der Waals surface area contributed by atoms with Crippen molar-refractivity contribution >= 4 is 35.0 Å². The molecule has 0 bridgehead atoms. The van der Waals surface area contributed by atoms with Crippen molar-refractivity contribution in [1.29, 1.82) is 5.26 Å². The molecule has 1 N–H and O–H groups in total. The first kappa shape index (κ1) is 18.8. The summed E-state index contributed by atoms with van der Waals surface area (Å²) in [4.78, 5) is 29.2. The summed E-state index contributed by atoms with van der Waals surface area (Å²) in [6, 6.07) is 21.6. The van der Waals surface area contributed by atoms with Gasteiger partial charge in [-0.05, 0) is 61.5 Å². The Balaban J connectivity index is 1.66. The smallest absolute Gasteiger partial charge is 0.259 e. The number of hydrogen-bond donors (Lipinski definition) is 1. The largest absolute Gasteiger partial charge is 0.322 e. The molecule has 4 rings (SSSR count). The van der Waals surface area contributed by atoms with Crippen molar-refractivity contribution in [2.45, 2.75) is 16.7 Å². The molecule has 5 nitrogen and oxygen atoms in total. The zero-order valence-corrected chi connectivity index (χ0v) is 16.5. The van der Waals surface area contributed by atoms with Crippen LogP contribution < -0.4 is 10.2 Å². The van der Waals surface area contributed by atoms with Gasteiger partial charge in [0.15, 0.2) is 0 Å². The van der Waals surface area contributed by atoms with Gasteiger partial charge in [-0.15, -0.1) is 0 Å². The Morgan fingerprint density at radius 2 is 1.83 bits per heavy atom. The van der Waals surface area contributed by atoms with Crippen molar-refractivity contribution in [3.63, 3.8) is 0 Å². The third-order valence-electron chi connectivity index (χ3n) is 4.68. The van der Waals surface area contributed by atoms with Crippen LogP contribution in [0.3, 0.4) is 0 Å². The van der Waals surface area contributed by atoms with Gasteiger partial charge in [0.05, 0.1) is 22.9 Å². The predicted octanol–water partition coefficient (Wildman–Crippen LogP) is 4.94. The van der Waals surface area contributed by atoms with E-state index in [1.165, 1.54) is 0 Å². The Bertz CT molecular complexity index is 1150. The first-order valence-corrected chi connectivity index (χ1v) is 9.96. The summed E-state index contributed by atoms with van der Waals surface area (Å²) in [5.74, 6) is -0.321. The summed E-state index contributed by atoms with van der Waals surface area (Å²) < 4.78 is 0. The minimum Gasteiger partial charge on any atom is -0.322 e.